The van der Waals surface area contributed by atoms with Crippen molar-refractivity contribution in [3.63, 3.8) is 0 Å². The lowest BCUT2D eigenvalue weighted by molar-refractivity contribution is -0.119. The SMILES string of the molecule is CC1CN(CC2CCNCC2)c2ccccc2NC1=O. The molecule has 1 aromatic carbocycles. The van der Waals surface area contributed by atoms with Gasteiger partial charge in [-0.2, -0.15) is 0 Å². The lowest BCUT2D eigenvalue weighted by Crippen LogP contribution is -2.38. The number of nitrogens with one attached hydrogen (secondary N) is 2. The first-order valence-electron chi connectivity index (χ1n) is 7.59. The minimum atomic E-state index is 0.0316. The Balaban J connectivity index is 1.82. The second kappa shape index (κ2) is 5.83. The van der Waals surface area contributed by atoms with E-state index in [1.807, 2.05) is 19.1 Å². The van der Waals surface area contributed by atoms with E-state index in [0.717, 1.165) is 37.8 Å². The molecular formula is C16H23N3O. The van der Waals surface area contributed by atoms with Crippen molar-refractivity contribution in [1.29, 1.82) is 0 Å². The maximum Gasteiger partial charge on any atom is 0.229 e. The Kier molecular flexibility index (Phi) is 3.92. The fourth-order valence-corrected chi connectivity index (χ4v) is 3.17. The van der Waals surface area contributed by atoms with Crippen LogP contribution in [0.2, 0.25) is 0 Å². The third-order valence-corrected chi connectivity index (χ3v) is 4.38. The molecule has 0 aliphatic carbocycles. The molecule has 0 bridgehead atoms. The van der Waals surface area contributed by atoms with Gasteiger partial charge < -0.3 is 15.5 Å². The molecule has 1 saturated heterocycles. The monoisotopic (exact) mass is 273 g/mol. The topological polar surface area (TPSA) is 44.4 Å². The molecule has 1 aromatic rings. The van der Waals surface area contributed by atoms with E-state index >= 15 is 0 Å². The number of nitrogens with zero attached hydrogens (tertiary/aromatic N) is 1. The number of carbonyl (C=O) groups excluding carboxylic acids is 1. The number of fused-ring (bicyclic) bond motifs is 1. The van der Waals surface area contributed by atoms with Gasteiger partial charge in [0.25, 0.3) is 0 Å². The maximum absolute atomic E-state index is 12.1. The Morgan fingerprint density at radius 1 is 1.25 bits per heavy atom. The maximum atomic E-state index is 12.1. The molecule has 1 atom stereocenters. The standard InChI is InChI=1S/C16H23N3O/c1-12-10-19(11-13-6-8-17-9-7-13)15-5-3-2-4-14(15)18-16(12)20/h2-5,12-13,17H,6-11H2,1H3,(H,18,20). The summed E-state index contributed by atoms with van der Waals surface area (Å²) < 4.78 is 0. The van der Waals surface area contributed by atoms with E-state index in [4.69, 9.17) is 0 Å². The number of amides is 1. The number of hydrogen-bond acceptors (Lipinski definition) is 3. The second-order valence-electron chi connectivity index (χ2n) is 6.01. The average molecular weight is 273 g/mol. The molecule has 20 heavy (non-hydrogen) atoms. The van der Waals surface area contributed by atoms with Crippen molar-refractivity contribution < 1.29 is 4.79 Å². The summed E-state index contributed by atoms with van der Waals surface area (Å²) in [5.74, 6) is 0.888. The smallest absolute Gasteiger partial charge is 0.229 e. The Morgan fingerprint density at radius 3 is 2.80 bits per heavy atom. The largest absolute Gasteiger partial charge is 0.369 e. The van der Waals surface area contributed by atoms with Crippen LogP contribution in [0.15, 0.2) is 24.3 Å². The Labute approximate surface area is 120 Å². The third kappa shape index (κ3) is 2.80. The summed E-state index contributed by atoms with van der Waals surface area (Å²) in [6.07, 6.45) is 2.46. The molecule has 0 saturated carbocycles. The molecule has 0 radical (unpaired) electrons. The summed E-state index contributed by atoms with van der Waals surface area (Å²) in [7, 11) is 0. The van der Waals surface area contributed by atoms with Gasteiger partial charge in [-0.05, 0) is 44.0 Å². The van der Waals surface area contributed by atoms with E-state index in [9.17, 15) is 4.79 Å². The highest BCUT2D eigenvalue weighted by Crippen LogP contribution is 2.31. The summed E-state index contributed by atoms with van der Waals surface area (Å²) in [4.78, 5) is 14.5. The van der Waals surface area contributed by atoms with Crippen LogP contribution in [0.25, 0.3) is 0 Å². The summed E-state index contributed by atoms with van der Waals surface area (Å²) in [6, 6.07) is 8.16. The van der Waals surface area contributed by atoms with Crippen LogP contribution >= 0.6 is 0 Å². The van der Waals surface area contributed by atoms with Crippen LogP contribution in [-0.4, -0.2) is 32.1 Å². The first-order valence-corrected chi connectivity index (χ1v) is 7.59. The summed E-state index contributed by atoms with van der Waals surface area (Å²) in [5, 5.41) is 6.46. The third-order valence-electron chi connectivity index (χ3n) is 4.38. The van der Waals surface area contributed by atoms with Crippen molar-refractivity contribution in [2.45, 2.75) is 19.8 Å². The number of piperidine rings is 1. The van der Waals surface area contributed by atoms with Crippen LogP contribution in [0.1, 0.15) is 19.8 Å². The summed E-state index contributed by atoms with van der Waals surface area (Å²) >= 11 is 0. The van der Waals surface area contributed by atoms with Gasteiger partial charge in [0, 0.05) is 13.1 Å². The Morgan fingerprint density at radius 2 is 2.00 bits per heavy atom. The van der Waals surface area contributed by atoms with Gasteiger partial charge in [0.2, 0.25) is 5.91 Å². The minimum Gasteiger partial charge on any atom is -0.369 e. The van der Waals surface area contributed by atoms with E-state index in [-0.39, 0.29) is 11.8 Å². The lowest BCUT2D eigenvalue weighted by atomic mass is 9.97. The van der Waals surface area contributed by atoms with Crippen LogP contribution in [0.5, 0.6) is 0 Å². The highest BCUT2D eigenvalue weighted by Gasteiger charge is 2.26. The van der Waals surface area contributed by atoms with Gasteiger partial charge in [0.1, 0.15) is 0 Å². The van der Waals surface area contributed by atoms with E-state index in [1.165, 1.54) is 18.5 Å². The van der Waals surface area contributed by atoms with Crippen LogP contribution in [0, 0.1) is 11.8 Å². The average Bonchev–Trinajstić information content (AvgIpc) is 2.58. The number of carbonyl (C=O) groups is 1. The van der Waals surface area contributed by atoms with E-state index < -0.39 is 0 Å². The molecule has 1 unspecified atom stereocenters. The molecule has 0 aromatic heterocycles. The van der Waals surface area contributed by atoms with Gasteiger partial charge >= 0.3 is 0 Å². The van der Waals surface area contributed by atoms with Crippen molar-refractivity contribution in [2.75, 3.05) is 36.4 Å². The Bertz CT molecular complexity index is 482. The molecule has 0 spiro atoms. The molecule has 1 amide bonds. The number of para-hydroxylation sites is 2. The van der Waals surface area contributed by atoms with E-state index in [1.54, 1.807) is 0 Å². The highest BCUT2D eigenvalue weighted by molar-refractivity contribution is 5.97. The summed E-state index contributed by atoms with van der Waals surface area (Å²) in [5.41, 5.74) is 2.12. The molecule has 2 aliphatic heterocycles. The molecule has 2 heterocycles. The number of hydrogen-bond donors (Lipinski definition) is 2. The van der Waals surface area contributed by atoms with Crippen molar-refractivity contribution in [3.8, 4) is 0 Å². The molecule has 2 N–H and O–H groups in total. The van der Waals surface area contributed by atoms with Gasteiger partial charge in [0.15, 0.2) is 0 Å². The fourth-order valence-electron chi connectivity index (χ4n) is 3.17. The van der Waals surface area contributed by atoms with E-state index in [0.29, 0.717) is 0 Å². The predicted octanol–water partition coefficient (Wildman–Crippen LogP) is 2.08. The molecule has 4 heteroatoms. The predicted molar refractivity (Wildman–Crippen MR) is 82.0 cm³/mol. The first kappa shape index (κ1) is 13.4. The van der Waals surface area contributed by atoms with Gasteiger partial charge in [0.05, 0.1) is 17.3 Å². The first-order chi connectivity index (χ1) is 9.74. The lowest BCUT2D eigenvalue weighted by Gasteiger charge is -2.32. The zero-order chi connectivity index (χ0) is 13.9. The Hall–Kier alpha value is -1.55. The molecule has 1 fully saturated rings. The fraction of sp³-hybridized carbons (Fsp3) is 0.562. The van der Waals surface area contributed by atoms with Gasteiger partial charge in [-0.1, -0.05) is 19.1 Å². The van der Waals surface area contributed by atoms with Gasteiger partial charge in [-0.3, -0.25) is 4.79 Å². The van der Waals surface area contributed by atoms with Gasteiger partial charge in [-0.25, -0.2) is 0 Å². The van der Waals surface area contributed by atoms with Crippen LogP contribution in [-0.2, 0) is 4.79 Å². The van der Waals surface area contributed by atoms with Crippen molar-refractivity contribution in [1.82, 2.24) is 5.32 Å². The van der Waals surface area contributed by atoms with Gasteiger partial charge in [-0.15, -0.1) is 0 Å². The second-order valence-corrected chi connectivity index (χ2v) is 6.01. The zero-order valence-corrected chi connectivity index (χ0v) is 12.1. The zero-order valence-electron chi connectivity index (χ0n) is 12.1. The van der Waals surface area contributed by atoms with E-state index in [2.05, 4.69) is 27.7 Å². The number of rotatable bonds is 2. The van der Waals surface area contributed by atoms with Crippen molar-refractivity contribution in [2.24, 2.45) is 11.8 Å². The summed E-state index contributed by atoms with van der Waals surface area (Å²) in [6.45, 7) is 6.11. The molecular weight excluding hydrogens is 250 g/mol. The molecule has 108 valence electrons. The molecule has 4 nitrogen and oxygen atoms in total. The molecule has 3 rings (SSSR count). The highest BCUT2D eigenvalue weighted by atomic mass is 16.1. The van der Waals surface area contributed by atoms with Crippen LogP contribution in [0.3, 0.4) is 0 Å². The van der Waals surface area contributed by atoms with Crippen molar-refractivity contribution in [3.05, 3.63) is 24.3 Å². The minimum absolute atomic E-state index is 0.0316. The van der Waals surface area contributed by atoms with Crippen LogP contribution < -0.4 is 15.5 Å². The quantitative estimate of drug-likeness (QED) is 0.867. The number of benzene rings is 1. The number of anilines is 2. The van der Waals surface area contributed by atoms with Crippen molar-refractivity contribution >= 4 is 17.3 Å². The molecule has 2 aliphatic rings. The van der Waals surface area contributed by atoms with Crippen LogP contribution in [0.4, 0.5) is 11.4 Å². The normalized spacial score (nSPS) is 23.9.